The SMILES string of the molecule is CC(C)(c1ccc(OCC(O)COc2ccc(C(C)(C)c3ccc(OCC4CO4)cc3)cc2)cc1)c1ccc(OCC2CC2)cc1.OC(COc1ccc(Cc2ccc(OCC3CC3)cc2)cc1)COc1ccc(Cc2ccc(OCC3CO3)cc2)cc1. The molecule has 12 heteroatoms. The Kier molecular flexibility index (Phi) is 20.5. The van der Waals surface area contributed by atoms with Gasteiger partial charge in [-0.3, -0.25) is 0 Å². The van der Waals surface area contributed by atoms with Crippen LogP contribution >= 0.6 is 0 Å². The van der Waals surface area contributed by atoms with Crippen molar-refractivity contribution in [3.8, 4) is 46.0 Å². The highest BCUT2D eigenvalue weighted by molar-refractivity contribution is 5.44. The van der Waals surface area contributed by atoms with Crippen LogP contribution in [0.5, 0.6) is 46.0 Å². The standard InChI is InChI=1S/C40H46O6.C36H38O6/c1-39(2,29-7-15-34(16-8-29)42-23-28-5-6-28)30-9-17-35(18-10-30)43-24-33(41)25-44-36-19-11-31(12-20-36)40(3,4)32-13-21-37(22-14-32)45-26-38-27-46-38;37-31(22-39-33-13-5-27(6-14-33)19-26-3-11-32(12-4-26)38-21-30-1-2-30)23-40-34-15-7-28(8-16-34)20-29-9-17-35(18-10-29)41-24-36-25-42-36/h7-22,28,33,38,41H,5-6,23-27H2,1-4H3;3-18,30-31,36-37H,1-2,19-25H2. The first-order chi connectivity index (χ1) is 42.8. The van der Waals surface area contributed by atoms with Gasteiger partial charge in [0.15, 0.2) is 0 Å². The van der Waals surface area contributed by atoms with Crippen molar-refractivity contribution in [2.24, 2.45) is 11.8 Å². The van der Waals surface area contributed by atoms with E-state index >= 15 is 0 Å². The van der Waals surface area contributed by atoms with E-state index in [0.29, 0.717) is 24.7 Å². The lowest BCUT2D eigenvalue weighted by atomic mass is 9.78. The first kappa shape index (κ1) is 61.6. The summed E-state index contributed by atoms with van der Waals surface area (Å²) in [7, 11) is 0. The lowest BCUT2D eigenvalue weighted by Gasteiger charge is -2.27. The second-order valence-electron chi connectivity index (χ2n) is 24.9. The van der Waals surface area contributed by atoms with E-state index in [-0.39, 0.29) is 49.5 Å². The Bertz CT molecular complexity index is 3140. The van der Waals surface area contributed by atoms with Crippen molar-refractivity contribution >= 4 is 0 Å². The third-order valence-electron chi connectivity index (χ3n) is 16.6. The molecule has 2 aliphatic carbocycles. The minimum absolute atomic E-state index is 0.140. The number of ether oxygens (including phenoxy) is 10. The fourth-order valence-corrected chi connectivity index (χ4v) is 10.1. The van der Waals surface area contributed by atoms with Crippen molar-refractivity contribution in [3.63, 3.8) is 0 Å². The van der Waals surface area contributed by atoms with Crippen molar-refractivity contribution in [1.82, 2.24) is 0 Å². The Balaban J connectivity index is 0.000000183. The first-order valence-corrected chi connectivity index (χ1v) is 31.2. The van der Waals surface area contributed by atoms with Crippen LogP contribution in [0.1, 0.15) is 97.9 Å². The van der Waals surface area contributed by atoms with Gasteiger partial charge >= 0.3 is 0 Å². The highest BCUT2D eigenvalue weighted by Gasteiger charge is 2.28. The van der Waals surface area contributed by atoms with E-state index in [1.165, 1.54) is 70.2 Å². The quantitative estimate of drug-likeness (QED) is 0.0388. The van der Waals surface area contributed by atoms with Gasteiger partial charge in [0.2, 0.25) is 0 Å². The van der Waals surface area contributed by atoms with Gasteiger partial charge in [-0.1, -0.05) is 125 Å². The molecular formula is C76H84O12. The van der Waals surface area contributed by atoms with E-state index in [2.05, 4.69) is 137 Å². The van der Waals surface area contributed by atoms with Crippen molar-refractivity contribution in [2.45, 2.75) is 101 Å². The minimum atomic E-state index is -0.764. The Morgan fingerprint density at radius 3 is 0.739 bits per heavy atom. The van der Waals surface area contributed by atoms with Crippen LogP contribution < -0.4 is 37.9 Å². The number of hydrogen-bond acceptors (Lipinski definition) is 12. The summed E-state index contributed by atoms with van der Waals surface area (Å²) in [5, 5.41) is 20.9. The molecule has 8 aromatic rings. The highest BCUT2D eigenvalue weighted by atomic mass is 16.6. The van der Waals surface area contributed by atoms with Crippen LogP contribution in [0, 0.1) is 11.8 Å². The van der Waals surface area contributed by atoms with Crippen LogP contribution in [0.15, 0.2) is 194 Å². The van der Waals surface area contributed by atoms with Crippen molar-refractivity contribution in [2.75, 3.05) is 66.1 Å². The maximum Gasteiger partial charge on any atom is 0.122 e. The number of hydrogen-bond donors (Lipinski definition) is 2. The monoisotopic (exact) mass is 1190 g/mol. The summed E-state index contributed by atoms with van der Waals surface area (Å²) < 4.78 is 57.0. The molecule has 12 nitrogen and oxygen atoms in total. The molecule has 4 atom stereocenters. The van der Waals surface area contributed by atoms with Gasteiger partial charge in [0, 0.05) is 10.8 Å². The first-order valence-electron chi connectivity index (χ1n) is 31.2. The molecule has 8 aromatic carbocycles. The fourth-order valence-electron chi connectivity index (χ4n) is 10.1. The van der Waals surface area contributed by atoms with Gasteiger partial charge in [-0.2, -0.15) is 0 Å². The zero-order valence-corrected chi connectivity index (χ0v) is 51.2. The molecule has 460 valence electrons. The Hall–Kier alpha value is -8.00. The van der Waals surface area contributed by atoms with Crippen LogP contribution in [-0.2, 0) is 33.1 Å². The van der Waals surface area contributed by atoms with Crippen molar-refractivity contribution in [3.05, 3.63) is 239 Å². The summed E-state index contributed by atoms with van der Waals surface area (Å²) in [6.07, 6.45) is 5.83. The van der Waals surface area contributed by atoms with E-state index < -0.39 is 12.2 Å². The number of rotatable bonds is 32. The Morgan fingerprint density at radius 2 is 0.523 bits per heavy atom. The smallest absolute Gasteiger partial charge is 0.122 e. The molecule has 2 saturated heterocycles. The minimum Gasteiger partial charge on any atom is -0.493 e. The average molecular weight is 1190 g/mol. The topological polar surface area (TPSA) is 139 Å². The molecule has 4 aliphatic rings. The molecule has 2 N–H and O–H groups in total. The molecule has 0 spiro atoms. The summed E-state index contributed by atoms with van der Waals surface area (Å²) in [4.78, 5) is 0. The lowest BCUT2D eigenvalue weighted by molar-refractivity contribution is 0.0626. The number of epoxide rings is 2. The Morgan fingerprint density at radius 1 is 0.318 bits per heavy atom. The molecule has 4 fully saturated rings. The number of aliphatic hydroxyl groups is 2. The van der Waals surface area contributed by atoms with Crippen LogP contribution in [0.3, 0.4) is 0 Å². The Labute approximate surface area is 519 Å². The predicted octanol–water partition coefficient (Wildman–Crippen LogP) is 14.0. The average Bonchev–Trinajstić information content (AvgIpc) is 3.27. The maximum atomic E-state index is 10.5. The molecular weight excluding hydrogens is 1100 g/mol. The van der Waals surface area contributed by atoms with Crippen LogP contribution in [0.25, 0.3) is 0 Å². The molecule has 2 saturated carbocycles. The van der Waals surface area contributed by atoms with Gasteiger partial charge in [-0.05, 0) is 192 Å². The van der Waals surface area contributed by atoms with Gasteiger partial charge in [-0.25, -0.2) is 0 Å². The summed E-state index contributed by atoms with van der Waals surface area (Å²) in [6, 6.07) is 65.3. The number of benzene rings is 8. The van der Waals surface area contributed by atoms with Gasteiger partial charge in [0.25, 0.3) is 0 Å². The van der Waals surface area contributed by atoms with Crippen molar-refractivity contribution < 1.29 is 57.6 Å². The van der Waals surface area contributed by atoms with Crippen LogP contribution in [0.4, 0.5) is 0 Å². The third kappa shape index (κ3) is 19.0. The molecule has 0 aromatic heterocycles. The second kappa shape index (κ2) is 29.3. The molecule has 12 rings (SSSR count). The van der Waals surface area contributed by atoms with Gasteiger partial charge < -0.3 is 57.6 Å². The third-order valence-corrected chi connectivity index (χ3v) is 16.6. The summed E-state index contributed by atoms with van der Waals surface area (Å²) >= 11 is 0. The summed E-state index contributed by atoms with van der Waals surface area (Å²) in [5.74, 6) is 7.96. The normalized spacial score (nSPS) is 16.7. The molecule has 4 unspecified atom stereocenters. The maximum absolute atomic E-state index is 10.5. The second-order valence-corrected chi connectivity index (χ2v) is 24.9. The molecule has 0 amide bonds. The number of aliphatic hydroxyl groups excluding tert-OH is 2. The van der Waals surface area contributed by atoms with Crippen LogP contribution in [-0.4, -0.2) is 101 Å². The predicted molar refractivity (Wildman–Crippen MR) is 342 cm³/mol. The van der Waals surface area contributed by atoms with E-state index in [9.17, 15) is 10.2 Å². The van der Waals surface area contributed by atoms with Gasteiger partial charge in [0.1, 0.15) is 110 Å². The van der Waals surface area contributed by atoms with E-state index in [1.54, 1.807) is 0 Å². The summed E-state index contributed by atoms with van der Waals surface area (Å²) in [6.45, 7) is 13.9. The van der Waals surface area contributed by atoms with Crippen LogP contribution in [0.2, 0.25) is 0 Å². The highest BCUT2D eigenvalue weighted by Crippen LogP contribution is 2.37. The van der Waals surface area contributed by atoms with Gasteiger partial charge in [-0.15, -0.1) is 0 Å². The molecule has 88 heavy (non-hydrogen) atoms. The zero-order chi connectivity index (χ0) is 60.7. The van der Waals surface area contributed by atoms with E-state index in [1.807, 2.05) is 84.9 Å². The summed E-state index contributed by atoms with van der Waals surface area (Å²) in [5.41, 5.74) is 9.26. The lowest BCUT2D eigenvalue weighted by Crippen LogP contribution is -2.25. The largest absolute Gasteiger partial charge is 0.493 e. The molecule has 0 bridgehead atoms. The van der Waals surface area contributed by atoms with Crippen molar-refractivity contribution in [1.29, 1.82) is 0 Å². The molecule has 2 aliphatic heterocycles. The molecule has 2 heterocycles. The molecule has 0 radical (unpaired) electrons. The zero-order valence-electron chi connectivity index (χ0n) is 51.2. The fraction of sp³-hybridized carbons (Fsp3) is 0.368. The van der Waals surface area contributed by atoms with E-state index in [4.69, 9.17) is 47.4 Å². The van der Waals surface area contributed by atoms with E-state index in [0.717, 1.165) is 85.6 Å². The van der Waals surface area contributed by atoms with Gasteiger partial charge in [0.05, 0.1) is 26.4 Å².